The highest BCUT2D eigenvalue weighted by Gasteiger charge is 2.28. The number of fused-ring (bicyclic) bond motifs is 8. The maximum Gasteiger partial charge on any atom is 0.303 e. The van der Waals surface area contributed by atoms with Gasteiger partial charge in [0.15, 0.2) is 0 Å². The largest absolute Gasteiger partial charge is 0.481 e. The van der Waals surface area contributed by atoms with Crippen LogP contribution in [0, 0.1) is 26.2 Å². The second kappa shape index (κ2) is 12.4. The maximum atomic E-state index is 11.6. The van der Waals surface area contributed by atoms with E-state index in [1.165, 1.54) is 0 Å². The Labute approximate surface area is 271 Å². The Morgan fingerprint density at radius 2 is 1.38 bits per heavy atom. The molecule has 0 saturated heterocycles. The normalized spacial score (nSPS) is 15.4. The van der Waals surface area contributed by atoms with Gasteiger partial charge in [-0.3, -0.25) is 20.0 Å². The number of nitrogens with zero attached hydrogens (tertiary/aromatic N) is 1. The van der Waals surface area contributed by atoms with Crippen molar-refractivity contribution in [3.05, 3.63) is 74.9 Å². The number of carboxylic acids is 2. The fraction of sp³-hybridized carbons (Fsp3) is 0.353. The molecule has 4 aromatic rings. The Hall–Kier alpha value is -3.96. The summed E-state index contributed by atoms with van der Waals surface area (Å²) in [5.41, 5.74) is 12.0. The molecule has 6 N–H and O–H groups in total. The topological polar surface area (TPSA) is 159 Å². The molecule has 5 heterocycles. The van der Waals surface area contributed by atoms with E-state index in [9.17, 15) is 25.2 Å². The minimum absolute atomic E-state index is 0.0717. The van der Waals surface area contributed by atoms with Gasteiger partial charge in [0.1, 0.15) is 0 Å². The van der Waals surface area contributed by atoms with Crippen molar-refractivity contribution in [2.24, 2.45) is 0 Å². The van der Waals surface area contributed by atoms with E-state index in [0.717, 1.165) is 55.4 Å². The van der Waals surface area contributed by atoms with Crippen LogP contribution < -0.4 is 5.36 Å². The minimum atomic E-state index is -0.943. The molecule has 1 aliphatic heterocycles. The van der Waals surface area contributed by atoms with Gasteiger partial charge >= 0.3 is 11.9 Å². The summed E-state index contributed by atoms with van der Waals surface area (Å²) in [6.45, 7) is 14.4. The van der Waals surface area contributed by atoms with E-state index in [4.69, 9.17) is 30.2 Å². The number of aromatic amines is 3. The molecule has 45 heavy (non-hydrogen) atoms. The Morgan fingerprint density at radius 3 is 1.89 bits per heavy atom. The number of carbonyl (C=O) groups is 2. The monoisotopic (exact) mass is 645 g/mol. The van der Waals surface area contributed by atoms with Gasteiger partial charge in [-0.05, 0) is 105 Å². The van der Waals surface area contributed by atoms with Gasteiger partial charge in [0.2, 0.25) is 0 Å². The van der Waals surface area contributed by atoms with Crippen molar-refractivity contribution in [2.75, 3.05) is 0 Å². The summed E-state index contributed by atoms with van der Waals surface area (Å²) in [7, 11) is 0. The Morgan fingerprint density at radius 1 is 0.867 bits per heavy atom. The van der Waals surface area contributed by atoms with Crippen molar-refractivity contribution in [2.45, 2.75) is 76.7 Å². The van der Waals surface area contributed by atoms with Crippen molar-refractivity contribution in [1.29, 1.82) is 5.41 Å². The van der Waals surface area contributed by atoms with E-state index in [1.54, 1.807) is 0 Å². The first-order valence-corrected chi connectivity index (χ1v) is 16.0. The third-order valence-corrected chi connectivity index (χ3v) is 9.43. The summed E-state index contributed by atoms with van der Waals surface area (Å²) in [6, 6.07) is 5.99. The predicted molar refractivity (Wildman–Crippen MR) is 186 cm³/mol. The molecular weight excluding hydrogens is 607 g/mol. The Bertz CT molecular complexity index is 2070. The fourth-order valence-corrected chi connectivity index (χ4v) is 7.23. The summed E-state index contributed by atoms with van der Waals surface area (Å²) in [4.78, 5) is 38.7. The number of aromatic nitrogens is 4. The summed E-state index contributed by atoms with van der Waals surface area (Å²) >= 11 is 9.61. The van der Waals surface area contributed by atoms with Gasteiger partial charge in [-0.2, -0.15) is 25.3 Å². The highest BCUT2D eigenvalue weighted by molar-refractivity contribution is 7.80. The zero-order valence-electron chi connectivity index (χ0n) is 26.1. The number of aliphatic carboxylic acids is 2. The molecule has 0 saturated carbocycles. The van der Waals surface area contributed by atoms with Crippen LogP contribution in [0.15, 0.2) is 24.8 Å². The average molecular weight is 646 g/mol. The molecule has 3 atom stereocenters. The number of rotatable bonds is 8. The van der Waals surface area contributed by atoms with E-state index >= 15 is 0 Å². The molecule has 5 rings (SSSR count). The van der Waals surface area contributed by atoms with Crippen molar-refractivity contribution in [1.82, 2.24) is 19.9 Å². The zero-order valence-corrected chi connectivity index (χ0v) is 27.8. The standard InChI is InChI=1S/C34H39N5O4S2/c1-14-20(7-9-28(40)41)33-32(35)34-21(8-10-29(42)43)15(2)23(39-34)12-26-31(19(6)45)17(4)25(37-26)13-27-30(18(5)44)16(3)24(36-27)11-22(14)38-33/h11-13,18-20,35-37,39,44-45H,1,7-10H2,2-6H3,(H,40,41)(H,42,43)/t18-,19-,20+/m0/s1. The summed E-state index contributed by atoms with van der Waals surface area (Å²) < 4.78 is 0. The quantitative estimate of drug-likeness (QED) is 0.0926. The SMILES string of the molecule is C=C1c2cc3[nH]c(cc4[nH]c(cc5[nH]c(c(CCC(=O)O)c5C)c(=N)c(n2)[C@@H]1CCC(=O)O)c([C@H](C)S)c4C)c([C@H](C)S)c3C. The number of thiol groups is 2. The molecule has 0 radical (unpaired) electrons. The molecule has 0 amide bonds. The maximum absolute atomic E-state index is 11.6. The Balaban J connectivity index is 2.01. The van der Waals surface area contributed by atoms with Crippen molar-refractivity contribution in [3.63, 3.8) is 0 Å². The molecule has 1 aliphatic rings. The Kier molecular flexibility index (Phi) is 8.97. The van der Waals surface area contributed by atoms with Crippen LogP contribution in [0.1, 0.15) is 94.3 Å². The number of carboxylic acid groups (broad SMARTS) is 2. The number of H-pyrrole nitrogens is 3. The lowest BCUT2D eigenvalue weighted by Crippen LogP contribution is -2.14. The molecule has 9 nitrogen and oxygen atoms in total. The second-order valence-electron chi connectivity index (χ2n) is 11.9. The van der Waals surface area contributed by atoms with Gasteiger partial charge in [-0.1, -0.05) is 6.58 Å². The van der Waals surface area contributed by atoms with E-state index in [-0.39, 0.29) is 41.5 Å². The number of allylic oxidation sites excluding steroid dienone is 1. The van der Waals surface area contributed by atoms with Crippen LogP contribution in [0.3, 0.4) is 0 Å². The average Bonchev–Trinajstić information content (AvgIpc) is 3.63. The lowest BCUT2D eigenvalue weighted by Gasteiger charge is -2.10. The fourth-order valence-electron chi connectivity index (χ4n) is 6.57. The van der Waals surface area contributed by atoms with Crippen LogP contribution in [0.4, 0.5) is 0 Å². The number of nitrogens with one attached hydrogen (secondary N) is 4. The van der Waals surface area contributed by atoms with Crippen LogP contribution in [0.2, 0.25) is 0 Å². The van der Waals surface area contributed by atoms with Gasteiger partial charge in [-0.25, -0.2) is 0 Å². The van der Waals surface area contributed by atoms with Crippen molar-refractivity contribution < 1.29 is 19.8 Å². The molecule has 8 bridgehead atoms. The third kappa shape index (κ3) is 6.03. The van der Waals surface area contributed by atoms with E-state index < -0.39 is 17.9 Å². The summed E-state index contributed by atoms with van der Waals surface area (Å²) in [5, 5.41) is 28.4. The number of hydrogen-bond donors (Lipinski definition) is 8. The van der Waals surface area contributed by atoms with Crippen LogP contribution in [-0.4, -0.2) is 42.1 Å². The molecule has 0 aromatic carbocycles. The van der Waals surface area contributed by atoms with Gasteiger partial charge in [0.05, 0.1) is 22.3 Å². The molecule has 0 aliphatic carbocycles. The number of aryl methyl sites for hydroxylation is 4. The summed E-state index contributed by atoms with van der Waals surface area (Å²) in [5.74, 6) is -2.37. The first-order chi connectivity index (χ1) is 21.2. The molecule has 0 spiro atoms. The first kappa shape index (κ1) is 32.4. The smallest absolute Gasteiger partial charge is 0.303 e. The molecular formula is C34H39N5O4S2. The predicted octanol–water partition coefficient (Wildman–Crippen LogP) is 7.59. The van der Waals surface area contributed by atoms with Gasteiger partial charge in [0.25, 0.3) is 0 Å². The highest BCUT2D eigenvalue weighted by atomic mass is 32.1. The minimum Gasteiger partial charge on any atom is -0.481 e. The molecule has 236 valence electrons. The molecule has 4 aromatic heterocycles. The van der Waals surface area contributed by atoms with Crippen LogP contribution in [0.25, 0.3) is 38.7 Å². The van der Waals surface area contributed by atoms with E-state index in [2.05, 4.69) is 34.5 Å². The van der Waals surface area contributed by atoms with Crippen molar-refractivity contribution >= 4 is 75.9 Å². The molecule has 0 unspecified atom stereocenters. The van der Waals surface area contributed by atoms with Gasteiger partial charge in [-0.15, -0.1) is 0 Å². The van der Waals surface area contributed by atoms with Crippen LogP contribution in [-0.2, 0) is 16.0 Å². The van der Waals surface area contributed by atoms with Gasteiger partial charge < -0.3 is 25.2 Å². The lowest BCUT2D eigenvalue weighted by atomic mass is 9.92. The van der Waals surface area contributed by atoms with Crippen molar-refractivity contribution in [3.8, 4) is 0 Å². The van der Waals surface area contributed by atoms with Crippen LogP contribution >= 0.6 is 25.3 Å². The van der Waals surface area contributed by atoms with E-state index in [1.807, 2.05) is 39.8 Å². The molecule has 0 fully saturated rings. The zero-order chi connectivity index (χ0) is 32.9. The summed E-state index contributed by atoms with van der Waals surface area (Å²) in [6.07, 6.45) is 0.224. The first-order valence-electron chi connectivity index (χ1n) is 14.9. The van der Waals surface area contributed by atoms with Crippen LogP contribution in [0.5, 0.6) is 0 Å². The number of hydrogen-bond acceptors (Lipinski definition) is 6. The van der Waals surface area contributed by atoms with Gasteiger partial charge in [0, 0.05) is 56.8 Å². The highest BCUT2D eigenvalue weighted by Crippen LogP contribution is 2.38. The molecule has 11 heteroatoms. The second-order valence-corrected chi connectivity index (χ2v) is 13.5. The third-order valence-electron chi connectivity index (χ3n) is 8.91. The van der Waals surface area contributed by atoms with E-state index in [0.29, 0.717) is 28.0 Å². The lowest BCUT2D eigenvalue weighted by molar-refractivity contribution is -0.138.